The van der Waals surface area contributed by atoms with Crippen molar-refractivity contribution in [3.05, 3.63) is 36.7 Å². The number of rotatable bonds is 4. The van der Waals surface area contributed by atoms with Gasteiger partial charge in [-0.25, -0.2) is 13.2 Å². The molecule has 0 bridgehead atoms. The second kappa shape index (κ2) is 8.21. The molecule has 2 heterocycles. The zero-order valence-corrected chi connectivity index (χ0v) is 16.4. The lowest BCUT2D eigenvalue weighted by atomic mass is 10.2. The minimum atomic E-state index is -3.70. The Bertz CT molecular complexity index is 989. The van der Waals surface area contributed by atoms with Gasteiger partial charge in [-0.05, 0) is 25.5 Å². The second-order valence-electron chi connectivity index (χ2n) is 6.68. The number of carbonyl (C=O) groups excluding carboxylic acids is 2. The van der Waals surface area contributed by atoms with E-state index in [9.17, 15) is 18.0 Å². The van der Waals surface area contributed by atoms with Crippen LogP contribution in [0.5, 0.6) is 0 Å². The van der Waals surface area contributed by atoms with Gasteiger partial charge in [0.05, 0.1) is 10.9 Å². The van der Waals surface area contributed by atoms with E-state index in [1.807, 2.05) is 11.0 Å². The first-order valence-electron chi connectivity index (χ1n) is 8.98. The van der Waals surface area contributed by atoms with Crippen molar-refractivity contribution in [2.75, 3.05) is 26.2 Å². The van der Waals surface area contributed by atoms with E-state index in [0.717, 1.165) is 5.39 Å². The van der Waals surface area contributed by atoms with Crippen molar-refractivity contribution in [2.45, 2.75) is 24.3 Å². The number of urea groups is 1. The van der Waals surface area contributed by atoms with E-state index in [0.29, 0.717) is 31.4 Å². The molecule has 150 valence electrons. The van der Waals surface area contributed by atoms with Gasteiger partial charge in [0.1, 0.15) is 0 Å². The zero-order valence-electron chi connectivity index (χ0n) is 15.5. The van der Waals surface area contributed by atoms with Gasteiger partial charge in [0, 0.05) is 49.3 Å². The molecule has 0 saturated carbocycles. The molecule has 2 aromatic rings. The standard InChI is InChI=1S/C18H23N5O4S/c1-13(17(24)21-18(19)25)22-8-3-9-23(11-10-22)28(26,27)16-5-2-4-14-12-20-7-6-15(14)16/h2,4-7,12-13H,3,8-11H2,1H3,(H3,19,21,24,25). The quantitative estimate of drug-likeness (QED) is 0.764. The molecule has 9 nitrogen and oxygen atoms in total. The summed E-state index contributed by atoms with van der Waals surface area (Å²) in [5.74, 6) is -0.495. The Labute approximate surface area is 163 Å². The average Bonchev–Trinajstić information content (AvgIpc) is 2.93. The number of carbonyl (C=O) groups is 2. The fraction of sp³-hybridized carbons (Fsp3) is 0.389. The van der Waals surface area contributed by atoms with Crippen molar-refractivity contribution in [2.24, 2.45) is 5.73 Å². The number of hydrogen-bond donors (Lipinski definition) is 2. The molecule has 3 amide bonds. The van der Waals surface area contributed by atoms with Crippen molar-refractivity contribution in [3.8, 4) is 0 Å². The maximum absolute atomic E-state index is 13.3. The Morgan fingerprint density at radius 3 is 2.71 bits per heavy atom. The average molecular weight is 405 g/mol. The van der Waals surface area contributed by atoms with Gasteiger partial charge in [-0.1, -0.05) is 12.1 Å². The molecule has 3 N–H and O–H groups in total. The maximum Gasteiger partial charge on any atom is 0.318 e. The fourth-order valence-electron chi connectivity index (χ4n) is 3.39. The molecule has 1 unspecified atom stereocenters. The normalized spacial score (nSPS) is 17.8. The number of sulfonamides is 1. The van der Waals surface area contributed by atoms with Crippen molar-refractivity contribution in [3.63, 3.8) is 0 Å². The third kappa shape index (κ3) is 4.13. The molecule has 1 atom stereocenters. The maximum atomic E-state index is 13.3. The van der Waals surface area contributed by atoms with Crippen LogP contribution in [0.1, 0.15) is 13.3 Å². The molecular weight excluding hydrogens is 382 g/mol. The Kier molecular flexibility index (Phi) is 5.92. The second-order valence-corrected chi connectivity index (χ2v) is 8.58. The van der Waals surface area contributed by atoms with Crippen LogP contribution in [-0.2, 0) is 14.8 Å². The molecule has 1 aromatic heterocycles. The Morgan fingerprint density at radius 2 is 1.96 bits per heavy atom. The number of aromatic nitrogens is 1. The lowest BCUT2D eigenvalue weighted by molar-refractivity contribution is -0.124. The van der Waals surface area contributed by atoms with Gasteiger partial charge in [0.15, 0.2) is 0 Å². The van der Waals surface area contributed by atoms with E-state index in [2.05, 4.69) is 10.3 Å². The van der Waals surface area contributed by atoms with Gasteiger partial charge in [-0.15, -0.1) is 0 Å². The number of nitrogens with zero attached hydrogens (tertiary/aromatic N) is 3. The summed E-state index contributed by atoms with van der Waals surface area (Å²) in [6.07, 6.45) is 3.78. The largest absolute Gasteiger partial charge is 0.351 e. The summed E-state index contributed by atoms with van der Waals surface area (Å²) in [7, 11) is -3.70. The number of amides is 3. The lowest BCUT2D eigenvalue weighted by Gasteiger charge is -2.26. The van der Waals surface area contributed by atoms with Crippen LogP contribution in [0, 0.1) is 0 Å². The molecule has 10 heteroatoms. The van der Waals surface area contributed by atoms with Crippen LogP contribution in [0.2, 0.25) is 0 Å². The molecule has 3 rings (SSSR count). The summed E-state index contributed by atoms with van der Waals surface area (Å²) in [6, 6.07) is 5.34. The predicted octanol–water partition coefficient (Wildman–Crippen LogP) is 0.515. The summed E-state index contributed by atoms with van der Waals surface area (Å²) >= 11 is 0. The molecule has 0 aliphatic carbocycles. The van der Waals surface area contributed by atoms with Gasteiger partial charge < -0.3 is 5.73 Å². The molecule has 1 aromatic carbocycles. The number of pyridine rings is 1. The number of hydrogen-bond acceptors (Lipinski definition) is 6. The Hall–Kier alpha value is -2.56. The van der Waals surface area contributed by atoms with Crippen LogP contribution < -0.4 is 11.1 Å². The molecule has 1 saturated heterocycles. The SMILES string of the molecule is CC(C(=O)NC(N)=O)N1CCCN(S(=O)(=O)c2cccc3cnccc23)CC1. The van der Waals surface area contributed by atoms with E-state index in [1.54, 1.807) is 37.5 Å². The minimum Gasteiger partial charge on any atom is -0.351 e. The molecule has 1 fully saturated rings. The highest BCUT2D eigenvalue weighted by Crippen LogP contribution is 2.26. The van der Waals surface area contributed by atoms with Gasteiger partial charge in [-0.3, -0.25) is 20.0 Å². The zero-order chi connectivity index (χ0) is 20.3. The van der Waals surface area contributed by atoms with Crippen LogP contribution in [0.25, 0.3) is 10.8 Å². The van der Waals surface area contributed by atoms with Crippen LogP contribution in [0.3, 0.4) is 0 Å². The fourth-order valence-corrected chi connectivity index (χ4v) is 5.07. The third-order valence-electron chi connectivity index (χ3n) is 4.92. The first kappa shape index (κ1) is 20.2. The number of nitrogens with one attached hydrogen (secondary N) is 1. The van der Waals surface area contributed by atoms with Crippen molar-refractivity contribution in [1.29, 1.82) is 0 Å². The lowest BCUT2D eigenvalue weighted by Crippen LogP contribution is -2.49. The molecule has 0 radical (unpaired) electrons. The monoisotopic (exact) mass is 405 g/mol. The van der Waals surface area contributed by atoms with E-state index in [1.165, 1.54) is 4.31 Å². The van der Waals surface area contributed by atoms with E-state index in [-0.39, 0.29) is 11.4 Å². The van der Waals surface area contributed by atoms with Gasteiger partial charge in [0.2, 0.25) is 15.9 Å². The highest BCUT2D eigenvalue weighted by Gasteiger charge is 2.31. The summed E-state index contributed by atoms with van der Waals surface area (Å²) < 4.78 is 28.0. The summed E-state index contributed by atoms with van der Waals surface area (Å²) in [6.45, 7) is 3.18. The van der Waals surface area contributed by atoms with Gasteiger partial charge >= 0.3 is 6.03 Å². The molecular formula is C18H23N5O4S. The van der Waals surface area contributed by atoms with Crippen LogP contribution in [-0.4, -0.2) is 66.8 Å². The van der Waals surface area contributed by atoms with Crippen molar-refractivity contribution >= 4 is 32.7 Å². The predicted molar refractivity (Wildman–Crippen MR) is 104 cm³/mol. The van der Waals surface area contributed by atoms with Crippen molar-refractivity contribution < 1.29 is 18.0 Å². The van der Waals surface area contributed by atoms with Crippen LogP contribution >= 0.6 is 0 Å². The smallest absolute Gasteiger partial charge is 0.318 e. The molecule has 1 aliphatic heterocycles. The van der Waals surface area contributed by atoms with Crippen molar-refractivity contribution in [1.82, 2.24) is 19.5 Å². The summed E-state index contributed by atoms with van der Waals surface area (Å²) in [4.78, 5) is 29.1. The first-order valence-corrected chi connectivity index (χ1v) is 10.4. The number of benzene rings is 1. The van der Waals surface area contributed by atoms with Gasteiger partial charge in [-0.2, -0.15) is 4.31 Å². The minimum absolute atomic E-state index is 0.248. The topological polar surface area (TPSA) is 126 Å². The van der Waals surface area contributed by atoms with Gasteiger partial charge in [0.25, 0.3) is 0 Å². The number of nitrogens with two attached hydrogens (primary N) is 1. The van der Waals surface area contributed by atoms with E-state index >= 15 is 0 Å². The number of imide groups is 1. The molecule has 0 spiro atoms. The summed E-state index contributed by atoms with van der Waals surface area (Å²) in [5, 5.41) is 3.46. The first-order chi connectivity index (χ1) is 13.3. The highest BCUT2D eigenvalue weighted by molar-refractivity contribution is 7.89. The summed E-state index contributed by atoms with van der Waals surface area (Å²) in [5.41, 5.74) is 5.00. The number of fused-ring (bicyclic) bond motifs is 1. The molecule has 1 aliphatic rings. The van der Waals surface area contributed by atoms with E-state index < -0.39 is 28.0 Å². The third-order valence-corrected chi connectivity index (χ3v) is 6.88. The molecule has 28 heavy (non-hydrogen) atoms. The highest BCUT2D eigenvalue weighted by atomic mass is 32.2. The Morgan fingerprint density at radius 1 is 1.18 bits per heavy atom. The van der Waals surface area contributed by atoms with Crippen LogP contribution in [0.4, 0.5) is 4.79 Å². The van der Waals surface area contributed by atoms with E-state index in [4.69, 9.17) is 5.73 Å². The van der Waals surface area contributed by atoms with Crippen LogP contribution in [0.15, 0.2) is 41.6 Å². The number of primary amides is 1. The Balaban J connectivity index is 1.79.